The van der Waals surface area contributed by atoms with E-state index in [-0.39, 0.29) is 11.8 Å². The van der Waals surface area contributed by atoms with Crippen molar-refractivity contribution in [2.75, 3.05) is 12.4 Å². The van der Waals surface area contributed by atoms with E-state index >= 15 is 0 Å². The number of aromatic nitrogens is 4. The van der Waals surface area contributed by atoms with Crippen molar-refractivity contribution in [3.63, 3.8) is 0 Å². The molecule has 8 nitrogen and oxygen atoms in total. The highest BCUT2D eigenvalue weighted by Crippen LogP contribution is 2.23. The van der Waals surface area contributed by atoms with Gasteiger partial charge in [-0.2, -0.15) is 10.2 Å². The van der Waals surface area contributed by atoms with Crippen LogP contribution in [0.2, 0.25) is 0 Å². The average Bonchev–Trinajstić information content (AvgIpc) is 3.51. The first-order chi connectivity index (χ1) is 17.5. The molecule has 0 bridgehead atoms. The van der Waals surface area contributed by atoms with Gasteiger partial charge in [-0.1, -0.05) is 35.9 Å². The Morgan fingerprint density at radius 1 is 1.11 bits per heavy atom. The van der Waals surface area contributed by atoms with E-state index < -0.39 is 0 Å². The molecule has 0 atom stereocenters. The second-order valence-electron chi connectivity index (χ2n) is 9.43. The van der Waals surface area contributed by atoms with E-state index in [1.807, 2.05) is 49.4 Å². The van der Waals surface area contributed by atoms with E-state index in [9.17, 15) is 9.59 Å². The number of anilines is 1. The zero-order chi connectivity index (χ0) is 25.1. The van der Waals surface area contributed by atoms with Gasteiger partial charge in [0, 0.05) is 18.3 Å². The quantitative estimate of drug-likeness (QED) is 0.412. The van der Waals surface area contributed by atoms with Gasteiger partial charge in [-0.05, 0) is 61.9 Å². The molecular formula is C28H30N6O2. The SMILES string of the molecule is Cc1cccc(CC(=O)Nc2cnn(-c3cccc(C(=O)N(C)Cc4n[nH]c5c4CCCC5)c3)c2)c1. The lowest BCUT2D eigenvalue weighted by atomic mass is 9.96. The Morgan fingerprint density at radius 3 is 2.81 bits per heavy atom. The number of nitrogens with one attached hydrogen (secondary N) is 2. The minimum absolute atomic E-state index is 0.0803. The van der Waals surface area contributed by atoms with Crippen molar-refractivity contribution < 1.29 is 9.59 Å². The molecule has 4 aromatic rings. The van der Waals surface area contributed by atoms with Gasteiger partial charge in [0.25, 0.3) is 5.91 Å². The van der Waals surface area contributed by atoms with Gasteiger partial charge in [0.15, 0.2) is 0 Å². The van der Waals surface area contributed by atoms with Crippen LogP contribution in [0.25, 0.3) is 5.69 Å². The molecule has 2 amide bonds. The smallest absolute Gasteiger partial charge is 0.254 e. The molecule has 0 radical (unpaired) electrons. The topological polar surface area (TPSA) is 95.9 Å². The van der Waals surface area contributed by atoms with Gasteiger partial charge in [0.2, 0.25) is 5.91 Å². The number of aromatic amines is 1. The maximum Gasteiger partial charge on any atom is 0.254 e. The van der Waals surface area contributed by atoms with E-state index in [0.29, 0.717) is 24.2 Å². The van der Waals surface area contributed by atoms with Crippen LogP contribution in [0.15, 0.2) is 60.9 Å². The predicted molar refractivity (Wildman–Crippen MR) is 138 cm³/mol. The summed E-state index contributed by atoms with van der Waals surface area (Å²) in [5, 5.41) is 14.9. The fourth-order valence-electron chi connectivity index (χ4n) is 4.72. The third kappa shape index (κ3) is 5.22. The van der Waals surface area contributed by atoms with Crippen LogP contribution in [0.4, 0.5) is 5.69 Å². The lowest BCUT2D eigenvalue weighted by Gasteiger charge is -2.18. The number of fused-ring (bicyclic) bond motifs is 1. The molecule has 0 aliphatic heterocycles. The first-order valence-electron chi connectivity index (χ1n) is 12.3. The van der Waals surface area contributed by atoms with Gasteiger partial charge < -0.3 is 10.2 Å². The average molecular weight is 483 g/mol. The van der Waals surface area contributed by atoms with E-state index in [4.69, 9.17) is 0 Å². The summed E-state index contributed by atoms with van der Waals surface area (Å²) in [4.78, 5) is 27.3. The van der Waals surface area contributed by atoms with Crippen LogP contribution >= 0.6 is 0 Å². The summed E-state index contributed by atoms with van der Waals surface area (Å²) in [5.41, 5.74) is 7.43. The van der Waals surface area contributed by atoms with Crippen LogP contribution in [0.1, 0.15) is 51.3 Å². The normalized spacial score (nSPS) is 12.7. The molecule has 0 saturated heterocycles. The molecule has 184 valence electrons. The molecule has 36 heavy (non-hydrogen) atoms. The summed E-state index contributed by atoms with van der Waals surface area (Å²) >= 11 is 0. The van der Waals surface area contributed by atoms with Crippen molar-refractivity contribution in [2.45, 2.75) is 45.6 Å². The van der Waals surface area contributed by atoms with Gasteiger partial charge in [-0.3, -0.25) is 14.7 Å². The first kappa shape index (κ1) is 23.5. The Bertz CT molecular complexity index is 1400. The highest BCUT2D eigenvalue weighted by Gasteiger charge is 2.20. The Hall–Kier alpha value is -4.20. The van der Waals surface area contributed by atoms with Crippen molar-refractivity contribution in [3.8, 4) is 5.69 Å². The Labute approximate surface area is 210 Å². The van der Waals surface area contributed by atoms with Gasteiger partial charge >= 0.3 is 0 Å². The molecule has 1 aliphatic rings. The molecule has 2 N–H and O–H groups in total. The van der Waals surface area contributed by atoms with Crippen molar-refractivity contribution in [3.05, 3.63) is 94.6 Å². The molecule has 0 spiro atoms. The standard InChI is InChI=1S/C28H30N6O2/c1-19-7-5-8-20(13-19)14-27(35)30-22-16-29-34(17-22)23-10-6-9-21(15-23)28(36)33(2)18-26-24-11-3-4-12-25(24)31-32-26/h5-10,13,15-17H,3-4,11-12,14,18H2,1-2H3,(H,30,35)(H,31,32). The van der Waals surface area contributed by atoms with E-state index in [1.54, 1.807) is 35.1 Å². The number of benzene rings is 2. The summed E-state index contributed by atoms with van der Waals surface area (Å²) in [6.07, 6.45) is 8.04. The Balaban J connectivity index is 1.24. The fourth-order valence-corrected chi connectivity index (χ4v) is 4.72. The Morgan fingerprint density at radius 2 is 1.94 bits per heavy atom. The number of H-pyrrole nitrogens is 1. The maximum atomic E-state index is 13.2. The summed E-state index contributed by atoms with van der Waals surface area (Å²) in [7, 11) is 1.80. The van der Waals surface area contributed by atoms with E-state index in [1.165, 1.54) is 17.7 Å². The summed E-state index contributed by atoms with van der Waals surface area (Å²) in [5.74, 6) is -0.186. The number of aryl methyl sites for hydroxylation is 2. The number of hydrogen-bond acceptors (Lipinski definition) is 4. The second kappa shape index (κ2) is 10.2. The van der Waals surface area contributed by atoms with Crippen LogP contribution in [-0.4, -0.2) is 43.7 Å². The highest BCUT2D eigenvalue weighted by atomic mass is 16.2. The minimum Gasteiger partial charge on any atom is -0.336 e. The van der Waals surface area contributed by atoms with Crippen molar-refractivity contribution in [2.24, 2.45) is 0 Å². The fraction of sp³-hybridized carbons (Fsp3) is 0.286. The highest BCUT2D eigenvalue weighted by molar-refractivity contribution is 5.94. The molecular weight excluding hydrogens is 452 g/mol. The second-order valence-corrected chi connectivity index (χ2v) is 9.43. The number of rotatable bonds is 7. The van der Waals surface area contributed by atoms with Gasteiger partial charge in [0.1, 0.15) is 0 Å². The lowest BCUT2D eigenvalue weighted by Crippen LogP contribution is -2.27. The molecule has 1 aliphatic carbocycles. The van der Waals surface area contributed by atoms with Crippen molar-refractivity contribution in [1.29, 1.82) is 0 Å². The molecule has 0 saturated carbocycles. The van der Waals surface area contributed by atoms with E-state index in [2.05, 4.69) is 20.6 Å². The minimum atomic E-state index is -0.105. The number of hydrogen-bond donors (Lipinski definition) is 2. The summed E-state index contributed by atoms with van der Waals surface area (Å²) in [6.45, 7) is 2.47. The monoisotopic (exact) mass is 482 g/mol. The van der Waals surface area contributed by atoms with Crippen LogP contribution in [0.5, 0.6) is 0 Å². The first-order valence-corrected chi connectivity index (χ1v) is 12.3. The van der Waals surface area contributed by atoms with E-state index in [0.717, 1.165) is 41.8 Å². The molecule has 2 aromatic heterocycles. The number of carbonyl (C=O) groups is 2. The molecule has 2 heterocycles. The molecule has 8 heteroatoms. The van der Waals surface area contributed by atoms with Crippen LogP contribution < -0.4 is 5.32 Å². The molecule has 5 rings (SSSR count). The third-order valence-electron chi connectivity index (χ3n) is 6.55. The van der Waals surface area contributed by atoms with Gasteiger partial charge in [-0.25, -0.2) is 4.68 Å². The van der Waals surface area contributed by atoms with Gasteiger partial charge in [0.05, 0.1) is 42.4 Å². The number of nitrogens with zero attached hydrogens (tertiary/aromatic N) is 4. The molecule has 2 aromatic carbocycles. The number of amides is 2. The zero-order valence-electron chi connectivity index (χ0n) is 20.6. The maximum absolute atomic E-state index is 13.2. The lowest BCUT2D eigenvalue weighted by molar-refractivity contribution is -0.115. The summed E-state index contributed by atoms with van der Waals surface area (Å²) < 4.78 is 1.66. The predicted octanol–water partition coefficient (Wildman–Crippen LogP) is 4.24. The van der Waals surface area contributed by atoms with Crippen LogP contribution in [0.3, 0.4) is 0 Å². The van der Waals surface area contributed by atoms with Crippen LogP contribution in [0, 0.1) is 6.92 Å². The number of carbonyl (C=O) groups excluding carboxylic acids is 2. The Kier molecular flexibility index (Phi) is 6.66. The third-order valence-corrected chi connectivity index (χ3v) is 6.55. The summed E-state index contributed by atoms with van der Waals surface area (Å²) in [6, 6.07) is 15.2. The van der Waals surface area contributed by atoms with Gasteiger partial charge in [-0.15, -0.1) is 0 Å². The largest absolute Gasteiger partial charge is 0.336 e. The molecule has 0 fully saturated rings. The zero-order valence-corrected chi connectivity index (χ0v) is 20.6. The van der Waals surface area contributed by atoms with Crippen molar-refractivity contribution in [1.82, 2.24) is 24.9 Å². The van der Waals surface area contributed by atoms with Crippen molar-refractivity contribution >= 4 is 17.5 Å². The molecule has 0 unspecified atom stereocenters. The van der Waals surface area contributed by atoms with Crippen LogP contribution in [-0.2, 0) is 30.6 Å².